The lowest BCUT2D eigenvalue weighted by Gasteiger charge is -2.31. The van der Waals surface area contributed by atoms with Crippen LogP contribution in [0.5, 0.6) is 5.75 Å². The highest BCUT2D eigenvalue weighted by Crippen LogP contribution is 2.20. The fourth-order valence-electron chi connectivity index (χ4n) is 2.67. The number of anilines is 1. The normalized spacial score (nSPS) is 15.5. The quantitative estimate of drug-likeness (QED) is 0.801. The average Bonchev–Trinajstić information content (AvgIpc) is 2.62. The van der Waals surface area contributed by atoms with Crippen LogP contribution in [0.2, 0.25) is 0 Å². The van der Waals surface area contributed by atoms with Gasteiger partial charge in [-0.3, -0.25) is 4.79 Å². The molecular weight excluding hydrogens is 346 g/mol. The van der Waals surface area contributed by atoms with Gasteiger partial charge >= 0.3 is 6.03 Å². The summed E-state index contributed by atoms with van der Waals surface area (Å²) >= 11 is 0. The number of likely N-dealkylation sites (tertiary alicyclic amines) is 1. The summed E-state index contributed by atoms with van der Waals surface area (Å²) in [6.07, 6.45) is 0.657. The summed E-state index contributed by atoms with van der Waals surface area (Å²) in [4.78, 5) is 25.2. The Morgan fingerprint density at radius 3 is 2.32 bits per heavy atom. The van der Waals surface area contributed by atoms with Crippen LogP contribution in [0.3, 0.4) is 0 Å². The zero-order chi connectivity index (χ0) is 18.4. The molecule has 0 atom stereocenters. The summed E-state index contributed by atoms with van der Waals surface area (Å²) in [5, 5.41) is 4.51. The van der Waals surface area contributed by atoms with E-state index in [1.165, 1.54) is 7.05 Å². The zero-order valence-corrected chi connectivity index (χ0v) is 15.1. The molecule has 0 unspecified atom stereocenters. The molecule has 0 saturated carbocycles. The summed E-state index contributed by atoms with van der Waals surface area (Å²) < 4.78 is 29.4. The number of nitrogens with one attached hydrogen (secondary N) is 2. The molecule has 9 heteroatoms. The minimum atomic E-state index is -3.49. The fraction of sp³-hybridized carbons (Fsp3) is 0.500. The highest BCUT2D eigenvalue weighted by molar-refractivity contribution is 7.92. The van der Waals surface area contributed by atoms with Gasteiger partial charge in [0.2, 0.25) is 5.91 Å². The summed E-state index contributed by atoms with van der Waals surface area (Å²) in [6.45, 7) is 0.666. The molecule has 2 N–H and O–H groups in total. The monoisotopic (exact) mass is 369 g/mol. The molecule has 2 rings (SSSR count). The minimum Gasteiger partial charge on any atom is -0.497 e. The van der Waals surface area contributed by atoms with Crippen LogP contribution in [0, 0.1) is 0 Å². The third kappa shape index (κ3) is 5.09. The molecule has 1 heterocycles. The van der Waals surface area contributed by atoms with Crippen LogP contribution >= 0.6 is 0 Å². The highest BCUT2D eigenvalue weighted by atomic mass is 32.2. The van der Waals surface area contributed by atoms with Crippen molar-refractivity contribution in [1.29, 1.82) is 0 Å². The number of carbonyl (C=O) groups excluding carboxylic acids is 2. The van der Waals surface area contributed by atoms with Gasteiger partial charge < -0.3 is 20.3 Å². The predicted molar refractivity (Wildman–Crippen MR) is 94.5 cm³/mol. The number of ether oxygens (including phenoxy) is 1. The van der Waals surface area contributed by atoms with Crippen molar-refractivity contribution in [2.24, 2.45) is 0 Å². The van der Waals surface area contributed by atoms with Crippen molar-refractivity contribution >= 4 is 27.5 Å². The van der Waals surface area contributed by atoms with Gasteiger partial charge in [0, 0.05) is 25.8 Å². The van der Waals surface area contributed by atoms with E-state index in [1.807, 2.05) is 0 Å². The van der Waals surface area contributed by atoms with Gasteiger partial charge in [-0.05, 0) is 37.1 Å². The Labute approximate surface area is 147 Å². The smallest absolute Gasteiger partial charge is 0.321 e. The van der Waals surface area contributed by atoms with Crippen LogP contribution in [-0.2, 0) is 14.6 Å². The molecule has 1 aromatic rings. The largest absolute Gasteiger partial charge is 0.497 e. The minimum absolute atomic E-state index is 0.271. The maximum atomic E-state index is 12.3. The van der Waals surface area contributed by atoms with Crippen molar-refractivity contribution in [2.75, 3.05) is 38.3 Å². The van der Waals surface area contributed by atoms with Crippen LogP contribution < -0.4 is 15.4 Å². The van der Waals surface area contributed by atoms with Crippen molar-refractivity contribution in [3.05, 3.63) is 24.3 Å². The maximum absolute atomic E-state index is 12.3. The molecular formula is C16H23N3O5S. The van der Waals surface area contributed by atoms with E-state index >= 15 is 0 Å². The molecule has 0 spiro atoms. The standard InChI is InChI=1S/C16H23N3O5S/c1-17-15(20)11-25(22,23)14-7-9-19(10-8-14)16(21)18-12-3-5-13(24-2)6-4-12/h3-6,14H,7-11H2,1-2H3,(H,17,20)(H,18,21). The number of methoxy groups -OCH3 is 1. The highest BCUT2D eigenvalue weighted by Gasteiger charge is 2.32. The second kappa shape index (κ2) is 8.19. The van der Waals surface area contributed by atoms with Crippen molar-refractivity contribution < 1.29 is 22.7 Å². The number of hydrogen-bond acceptors (Lipinski definition) is 5. The van der Waals surface area contributed by atoms with E-state index < -0.39 is 26.7 Å². The third-order valence-corrected chi connectivity index (χ3v) is 6.34. The van der Waals surface area contributed by atoms with Gasteiger partial charge in [0.25, 0.3) is 0 Å². The first kappa shape index (κ1) is 19.0. The average molecular weight is 369 g/mol. The first-order chi connectivity index (χ1) is 11.9. The topological polar surface area (TPSA) is 105 Å². The Bertz CT molecular complexity index is 710. The van der Waals surface area contributed by atoms with Gasteiger partial charge in [0.05, 0.1) is 12.4 Å². The first-order valence-electron chi connectivity index (χ1n) is 7.98. The molecule has 0 radical (unpaired) electrons. The molecule has 0 aromatic heterocycles. The lowest BCUT2D eigenvalue weighted by atomic mass is 10.1. The van der Waals surface area contributed by atoms with E-state index in [0.29, 0.717) is 37.4 Å². The molecule has 1 fully saturated rings. The van der Waals surface area contributed by atoms with Crippen LogP contribution in [-0.4, -0.2) is 63.5 Å². The van der Waals surface area contributed by atoms with E-state index in [9.17, 15) is 18.0 Å². The predicted octanol–water partition coefficient (Wildman–Crippen LogP) is 0.852. The molecule has 1 aromatic carbocycles. The molecule has 3 amide bonds. The number of piperidine rings is 1. The Morgan fingerprint density at radius 2 is 1.80 bits per heavy atom. The van der Waals surface area contributed by atoms with E-state index in [1.54, 1.807) is 36.3 Å². The summed E-state index contributed by atoms with van der Waals surface area (Å²) in [7, 11) is -0.523. The number of hydrogen-bond donors (Lipinski definition) is 2. The molecule has 25 heavy (non-hydrogen) atoms. The number of rotatable bonds is 5. The Morgan fingerprint density at radius 1 is 1.20 bits per heavy atom. The number of sulfone groups is 1. The summed E-state index contributed by atoms with van der Waals surface area (Å²) in [5.41, 5.74) is 0.639. The third-order valence-electron chi connectivity index (χ3n) is 4.19. The fourth-order valence-corrected chi connectivity index (χ4v) is 4.34. The van der Waals surface area contributed by atoms with Crippen molar-refractivity contribution in [1.82, 2.24) is 10.2 Å². The molecule has 0 aliphatic carbocycles. The Balaban J connectivity index is 1.88. The second-order valence-corrected chi connectivity index (χ2v) is 8.11. The van der Waals surface area contributed by atoms with Crippen LogP contribution in [0.25, 0.3) is 0 Å². The molecule has 1 aliphatic rings. The van der Waals surface area contributed by atoms with Crippen molar-refractivity contribution in [2.45, 2.75) is 18.1 Å². The van der Waals surface area contributed by atoms with Crippen LogP contribution in [0.4, 0.5) is 10.5 Å². The van der Waals surface area contributed by atoms with Crippen LogP contribution in [0.15, 0.2) is 24.3 Å². The number of amides is 3. The van der Waals surface area contributed by atoms with Gasteiger partial charge in [-0.15, -0.1) is 0 Å². The zero-order valence-electron chi connectivity index (χ0n) is 14.3. The summed E-state index contributed by atoms with van der Waals surface area (Å²) in [6, 6.07) is 6.68. The lowest BCUT2D eigenvalue weighted by molar-refractivity contribution is -0.118. The lowest BCUT2D eigenvalue weighted by Crippen LogP contribution is -2.45. The van der Waals surface area contributed by atoms with Gasteiger partial charge in [-0.25, -0.2) is 13.2 Å². The molecule has 8 nitrogen and oxygen atoms in total. The Hall–Kier alpha value is -2.29. The van der Waals surface area contributed by atoms with Crippen LogP contribution in [0.1, 0.15) is 12.8 Å². The first-order valence-corrected chi connectivity index (χ1v) is 9.69. The van der Waals surface area contributed by atoms with E-state index in [0.717, 1.165) is 0 Å². The van der Waals surface area contributed by atoms with Crippen molar-refractivity contribution in [3.63, 3.8) is 0 Å². The van der Waals surface area contributed by atoms with E-state index in [2.05, 4.69) is 10.6 Å². The van der Waals surface area contributed by atoms with Gasteiger partial charge in [0.15, 0.2) is 9.84 Å². The number of nitrogens with zero attached hydrogens (tertiary/aromatic N) is 1. The Kier molecular flexibility index (Phi) is 6.24. The van der Waals surface area contributed by atoms with E-state index in [4.69, 9.17) is 4.74 Å². The molecule has 1 aliphatic heterocycles. The molecule has 138 valence electrons. The van der Waals surface area contributed by atoms with Gasteiger partial charge in [-0.2, -0.15) is 0 Å². The number of urea groups is 1. The second-order valence-electron chi connectivity index (χ2n) is 5.83. The van der Waals surface area contributed by atoms with Gasteiger partial charge in [-0.1, -0.05) is 0 Å². The molecule has 0 bridgehead atoms. The van der Waals surface area contributed by atoms with Gasteiger partial charge in [0.1, 0.15) is 11.5 Å². The number of carbonyl (C=O) groups is 2. The summed E-state index contributed by atoms with van der Waals surface area (Å²) in [5.74, 6) is -0.327. The van der Waals surface area contributed by atoms with Crippen molar-refractivity contribution in [3.8, 4) is 5.75 Å². The molecule has 1 saturated heterocycles. The maximum Gasteiger partial charge on any atom is 0.321 e. The number of benzene rings is 1. The van der Waals surface area contributed by atoms with E-state index in [-0.39, 0.29) is 6.03 Å². The SMILES string of the molecule is CNC(=O)CS(=O)(=O)C1CCN(C(=O)Nc2ccc(OC)cc2)CC1.